The fourth-order valence-corrected chi connectivity index (χ4v) is 3.00. The predicted octanol–water partition coefficient (Wildman–Crippen LogP) is 4.37. The summed E-state index contributed by atoms with van der Waals surface area (Å²) in [5.74, 6) is 1.33. The average Bonchev–Trinajstić information content (AvgIpc) is 2.83. The Kier molecular flexibility index (Phi) is 7.70. The number of carboxylic acids is 1. The summed E-state index contributed by atoms with van der Waals surface area (Å²) in [6.45, 7) is 0.591. The first-order valence-corrected chi connectivity index (χ1v) is 9.90. The van der Waals surface area contributed by atoms with E-state index in [4.69, 9.17) is 18.9 Å². The zero-order valence-electron chi connectivity index (χ0n) is 18.2. The Bertz CT molecular complexity index is 1070. The smallest absolute Gasteiger partial charge is 0.354 e. The molecule has 0 saturated carbocycles. The lowest BCUT2D eigenvalue weighted by atomic mass is 10.1. The van der Waals surface area contributed by atoms with Crippen LogP contribution in [0.1, 0.15) is 16.7 Å². The summed E-state index contributed by atoms with van der Waals surface area (Å²) in [6, 6.07) is 20.0. The highest BCUT2D eigenvalue weighted by molar-refractivity contribution is 6.42. The van der Waals surface area contributed by atoms with Gasteiger partial charge in [0.25, 0.3) is 0 Å². The molecule has 1 N–H and O–H groups in total. The first-order valence-electron chi connectivity index (χ1n) is 9.90. The zero-order valence-corrected chi connectivity index (χ0v) is 18.2. The summed E-state index contributed by atoms with van der Waals surface area (Å²) in [5.41, 5.74) is 2.26. The third kappa shape index (κ3) is 5.78. The van der Waals surface area contributed by atoms with Gasteiger partial charge in [-0.3, -0.25) is 4.99 Å². The van der Waals surface area contributed by atoms with Crippen molar-refractivity contribution in [1.29, 1.82) is 0 Å². The Labute approximate surface area is 186 Å². The van der Waals surface area contributed by atoms with E-state index in [1.165, 1.54) is 7.05 Å². The highest BCUT2D eigenvalue weighted by atomic mass is 16.5. The second-order valence-electron chi connectivity index (χ2n) is 6.81. The molecule has 0 spiro atoms. The van der Waals surface area contributed by atoms with Crippen LogP contribution >= 0.6 is 0 Å². The molecule has 0 radical (unpaired) electrons. The Balaban J connectivity index is 1.82. The summed E-state index contributed by atoms with van der Waals surface area (Å²) < 4.78 is 22.3. The maximum absolute atomic E-state index is 11.5. The number of hydrogen-bond acceptors (Lipinski definition) is 6. The molecule has 0 heterocycles. The van der Waals surface area contributed by atoms with Gasteiger partial charge in [0, 0.05) is 12.6 Å². The van der Waals surface area contributed by atoms with Gasteiger partial charge in [-0.05, 0) is 53.6 Å². The first kappa shape index (κ1) is 22.7. The van der Waals surface area contributed by atoms with E-state index in [0.717, 1.165) is 22.6 Å². The number of methoxy groups -OCH3 is 2. The van der Waals surface area contributed by atoms with Crippen LogP contribution < -0.4 is 18.9 Å². The number of aliphatic imine (C=N–C) groups is 1. The van der Waals surface area contributed by atoms with Crippen molar-refractivity contribution in [3.63, 3.8) is 0 Å². The molecule has 0 unspecified atom stereocenters. The van der Waals surface area contributed by atoms with Gasteiger partial charge in [-0.1, -0.05) is 24.3 Å². The molecule has 7 nitrogen and oxygen atoms in total. The molecule has 7 heteroatoms. The molecule has 3 rings (SSSR count). The van der Waals surface area contributed by atoms with Crippen molar-refractivity contribution in [2.45, 2.75) is 13.2 Å². The lowest BCUT2D eigenvalue weighted by Crippen LogP contribution is -2.14. The molecule has 166 valence electrons. The highest BCUT2D eigenvalue weighted by Crippen LogP contribution is 2.31. The third-order valence-electron chi connectivity index (χ3n) is 4.75. The monoisotopic (exact) mass is 435 g/mol. The Morgan fingerprint density at radius 3 is 1.72 bits per heavy atom. The van der Waals surface area contributed by atoms with Crippen molar-refractivity contribution < 1.29 is 28.8 Å². The van der Waals surface area contributed by atoms with Crippen LogP contribution in [0.2, 0.25) is 0 Å². The van der Waals surface area contributed by atoms with E-state index in [0.29, 0.717) is 23.7 Å². The SMILES string of the molecule is CN=C(C(=O)O)c1ccc(OCc2ccc(OC)cc2)c(OCc2ccc(OC)cc2)c1. The van der Waals surface area contributed by atoms with Gasteiger partial charge in [-0.15, -0.1) is 0 Å². The number of aliphatic carboxylic acids is 1. The molecule has 0 aliphatic rings. The van der Waals surface area contributed by atoms with Gasteiger partial charge in [0.1, 0.15) is 30.4 Å². The number of hydrogen-bond donors (Lipinski definition) is 1. The van der Waals surface area contributed by atoms with Crippen molar-refractivity contribution in [1.82, 2.24) is 0 Å². The predicted molar refractivity (Wildman–Crippen MR) is 121 cm³/mol. The van der Waals surface area contributed by atoms with E-state index in [1.54, 1.807) is 32.4 Å². The van der Waals surface area contributed by atoms with Gasteiger partial charge in [0.2, 0.25) is 0 Å². The number of benzene rings is 3. The molecule has 0 saturated heterocycles. The van der Waals surface area contributed by atoms with E-state index in [-0.39, 0.29) is 12.3 Å². The molecule has 0 fully saturated rings. The van der Waals surface area contributed by atoms with Crippen LogP contribution in [0, 0.1) is 0 Å². The summed E-state index contributed by atoms with van der Waals surface area (Å²) >= 11 is 0. The van der Waals surface area contributed by atoms with Crippen LogP contribution in [0.4, 0.5) is 0 Å². The minimum Gasteiger partial charge on any atom is -0.497 e. The Morgan fingerprint density at radius 1 is 0.781 bits per heavy atom. The normalized spacial score (nSPS) is 11.0. The number of ether oxygens (including phenoxy) is 4. The topological polar surface area (TPSA) is 86.6 Å². The molecular weight excluding hydrogens is 410 g/mol. The summed E-state index contributed by atoms with van der Waals surface area (Å²) in [4.78, 5) is 15.4. The van der Waals surface area contributed by atoms with Crippen molar-refractivity contribution in [3.05, 3.63) is 83.4 Å². The van der Waals surface area contributed by atoms with E-state index >= 15 is 0 Å². The van der Waals surface area contributed by atoms with Crippen LogP contribution in [0.5, 0.6) is 23.0 Å². The molecule has 0 bridgehead atoms. The lowest BCUT2D eigenvalue weighted by Gasteiger charge is -2.15. The second kappa shape index (κ2) is 10.9. The van der Waals surface area contributed by atoms with Crippen molar-refractivity contribution in [3.8, 4) is 23.0 Å². The molecular formula is C25H25NO6. The maximum Gasteiger partial charge on any atom is 0.354 e. The van der Waals surface area contributed by atoms with Crippen LogP contribution in [0.15, 0.2) is 71.7 Å². The molecule has 3 aromatic rings. The van der Waals surface area contributed by atoms with Crippen LogP contribution in [0.3, 0.4) is 0 Å². The van der Waals surface area contributed by atoms with E-state index < -0.39 is 5.97 Å². The molecule has 32 heavy (non-hydrogen) atoms. The summed E-state index contributed by atoms with van der Waals surface area (Å²) in [7, 11) is 4.67. The average molecular weight is 435 g/mol. The summed E-state index contributed by atoms with van der Waals surface area (Å²) in [5, 5.41) is 9.41. The number of carboxylic acid groups (broad SMARTS) is 1. The van der Waals surface area contributed by atoms with Crippen molar-refractivity contribution >= 4 is 11.7 Å². The first-order chi connectivity index (χ1) is 15.5. The minimum atomic E-state index is -1.11. The zero-order chi connectivity index (χ0) is 22.9. The van der Waals surface area contributed by atoms with Crippen LogP contribution in [0.25, 0.3) is 0 Å². The fourth-order valence-electron chi connectivity index (χ4n) is 3.00. The maximum atomic E-state index is 11.5. The van der Waals surface area contributed by atoms with Gasteiger partial charge in [-0.25, -0.2) is 4.79 Å². The lowest BCUT2D eigenvalue weighted by molar-refractivity contribution is -0.129. The quantitative estimate of drug-likeness (QED) is 0.476. The van der Waals surface area contributed by atoms with E-state index in [1.807, 2.05) is 48.5 Å². The van der Waals surface area contributed by atoms with E-state index in [2.05, 4.69) is 4.99 Å². The molecule has 0 aliphatic heterocycles. The van der Waals surface area contributed by atoms with E-state index in [9.17, 15) is 9.90 Å². The highest BCUT2D eigenvalue weighted by Gasteiger charge is 2.16. The van der Waals surface area contributed by atoms with Gasteiger partial charge < -0.3 is 24.1 Å². The summed E-state index contributed by atoms with van der Waals surface area (Å²) in [6.07, 6.45) is 0. The van der Waals surface area contributed by atoms with Gasteiger partial charge in [0.05, 0.1) is 14.2 Å². The fraction of sp³-hybridized carbons (Fsp3) is 0.200. The van der Waals surface area contributed by atoms with Crippen molar-refractivity contribution in [2.75, 3.05) is 21.3 Å². The number of rotatable bonds is 10. The molecule has 0 aromatic heterocycles. The third-order valence-corrected chi connectivity index (χ3v) is 4.75. The molecule has 0 aliphatic carbocycles. The number of nitrogens with zero attached hydrogens (tertiary/aromatic N) is 1. The Morgan fingerprint density at radius 2 is 1.28 bits per heavy atom. The molecule has 0 amide bonds. The van der Waals surface area contributed by atoms with Crippen LogP contribution in [-0.2, 0) is 18.0 Å². The van der Waals surface area contributed by atoms with Crippen molar-refractivity contribution in [2.24, 2.45) is 4.99 Å². The standard InChI is InChI=1S/C25H25NO6/c1-26-24(25(27)28)19-8-13-22(31-15-17-4-9-20(29-2)10-5-17)23(14-19)32-16-18-6-11-21(30-3)12-7-18/h4-14H,15-16H2,1-3H3,(H,27,28). The van der Waals surface area contributed by atoms with Gasteiger partial charge in [-0.2, -0.15) is 0 Å². The minimum absolute atomic E-state index is 0.0546. The largest absolute Gasteiger partial charge is 0.497 e. The van der Waals surface area contributed by atoms with Crippen LogP contribution in [-0.4, -0.2) is 38.1 Å². The molecule has 0 atom stereocenters. The van der Waals surface area contributed by atoms with Gasteiger partial charge in [0.15, 0.2) is 11.5 Å². The Hall–Kier alpha value is -4.00. The second-order valence-corrected chi connectivity index (χ2v) is 6.81. The number of carbonyl (C=O) groups is 1. The molecule has 3 aromatic carbocycles. The van der Waals surface area contributed by atoms with Gasteiger partial charge >= 0.3 is 5.97 Å².